The van der Waals surface area contributed by atoms with Gasteiger partial charge in [-0.05, 0) is 53.6 Å². The summed E-state index contributed by atoms with van der Waals surface area (Å²) in [6.07, 6.45) is 6.75. The zero-order valence-electron chi connectivity index (χ0n) is 15.3. The van der Waals surface area contributed by atoms with Crippen LogP contribution in [0.2, 0.25) is 0 Å². The number of H-pyrrole nitrogens is 1. The fourth-order valence-electron chi connectivity index (χ4n) is 4.35. The van der Waals surface area contributed by atoms with Gasteiger partial charge in [0, 0.05) is 22.7 Å². The SMILES string of the molecule is O=S1(=O)CC[C@H](c2c[nH]c3ccc(-c4ccoc4)cc23)C[C@@H]1c1ccccc1. The van der Waals surface area contributed by atoms with Crippen LogP contribution in [0.1, 0.15) is 35.1 Å². The van der Waals surface area contributed by atoms with Crippen molar-refractivity contribution in [3.63, 3.8) is 0 Å². The summed E-state index contributed by atoms with van der Waals surface area (Å²) in [6.45, 7) is 0. The second-order valence-corrected chi connectivity index (χ2v) is 9.81. The number of sulfone groups is 1. The van der Waals surface area contributed by atoms with Crippen LogP contribution in [0.5, 0.6) is 0 Å². The largest absolute Gasteiger partial charge is 0.472 e. The highest BCUT2D eigenvalue weighted by molar-refractivity contribution is 7.91. The van der Waals surface area contributed by atoms with E-state index < -0.39 is 15.1 Å². The molecule has 2 aromatic carbocycles. The first-order chi connectivity index (χ1) is 13.6. The van der Waals surface area contributed by atoms with Crippen molar-refractivity contribution >= 4 is 20.7 Å². The summed E-state index contributed by atoms with van der Waals surface area (Å²) in [4.78, 5) is 3.36. The Morgan fingerprint density at radius 3 is 2.64 bits per heavy atom. The van der Waals surface area contributed by atoms with E-state index in [4.69, 9.17) is 4.42 Å². The van der Waals surface area contributed by atoms with Gasteiger partial charge in [-0.2, -0.15) is 0 Å². The molecule has 1 aliphatic rings. The second kappa shape index (κ2) is 6.67. The van der Waals surface area contributed by atoms with Gasteiger partial charge in [0.15, 0.2) is 9.84 Å². The van der Waals surface area contributed by atoms with E-state index in [-0.39, 0.29) is 11.7 Å². The predicted octanol–water partition coefficient (Wildman–Crippen LogP) is 5.46. The van der Waals surface area contributed by atoms with E-state index in [0.29, 0.717) is 12.8 Å². The van der Waals surface area contributed by atoms with E-state index in [1.807, 2.05) is 36.4 Å². The van der Waals surface area contributed by atoms with Gasteiger partial charge >= 0.3 is 0 Å². The molecule has 142 valence electrons. The van der Waals surface area contributed by atoms with E-state index in [2.05, 4.69) is 29.4 Å². The molecule has 1 saturated heterocycles. The first-order valence-corrected chi connectivity index (χ1v) is 11.2. The number of aromatic amines is 1. The zero-order valence-corrected chi connectivity index (χ0v) is 16.2. The first-order valence-electron chi connectivity index (χ1n) is 9.52. The summed E-state index contributed by atoms with van der Waals surface area (Å²) in [6, 6.07) is 17.9. The average Bonchev–Trinajstić information content (AvgIpc) is 3.38. The lowest BCUT2D eigenvalue weighted by Gasteiger charge is -2.29. The highest BCUT2D eigenvalue weighted by Gasteiger charge is 2.36. The third-order valence-corrected chi connectivity index (χ3v) is 8.00. The Kier molecular flexibility index (Phi) is 4.13. The molecule has 0 amide bonds. The van der Waals surface area contributed by atoms with Crippen LogP contribution in [0.15, 0.2) is 77.7 Å². The normalized spacial score (nSPS) is 21.7. The Hall–Kier alpha value is -2.79. The minimum absolute atomic E-state index is 0.210. The fourth-order valence-corrected chi connectivity index (χ4v) is 6.35. The van der Waals surface area contributed by atoms with Crippen LogP contribution < -0.4 is 0 Å². The molecule has 5 rings (SSSR count). The topological polar surface area (TPSA) is 63.1 Å². The lowest BCUT2D eigenvalue weighted by molar-refractivity contribution is 0.513. The van der Waals surface area contributed by atoms with Crippen molar-refractivity contribution in [2.75, 3.05) is 5.75 Å². The van der Waals surface area contributed by atoms with Crippen molar-refractivity contribution in [2.24, 2.45) is 0 Å². The number of furan rings is 1. The van der Waals surface area contributed by atoms with Gasteiger partial charge in [-0.1, -0.05) is 36.4 Å². The fraction of sp³-hybridized carbons (Fsp3) is 0.217. The Labute approximate surface area is 164 Å². The molecule has 1 aliphatic heterocycles. The standard InChI is InChI=1S/C23H21NO3S/c25-28(26)11-9-18(13-23(28)16-4-2-1-3-5-16)21-14-24-22-7-6-17(12-20(21)22)19-8-10-27-15-19/h1-8,10,12,14-15,18,23-24H,9,11,13H2/t18-,23+/m0/s1. The van der Waals surface area contributed by atoms with Gasteiger partial charge in [0.1, 0.15) is 0 Å². The van der Waals surface area contributed by atoms with Crippen molar-refractivity contribution in [3.8, 4) is 11.1 Å². The molecule has 0 bridgehead atoms. The second-order valence-electron chi connectivity index (χ2n) is 7.50. The molecular formula is C23H21NO3S. The minimum atomic E-state index is -3.12. The van der Waals surface area contributed by atoms with E-state index in [0.717, 1.165) is 27.6 Å². The van der Waals surface area contributed by atoms with Gasteiger partial charge in [-0.3, -0.25) is 0 Å². The lowest BCUT2D eigenvalue weighted by atomic mass is 9.88. The van der Waals surface area contributed by atoms with Crippen LogP contribution >= 0.6 is 0 Å². The molecule has 4 nitrogen and oxygen atoms in total. The Morgan fingerprint density at radius 1 is 1.00 bits per heavy atom. The van der Waals surface area contributed by atoms with Gasteiger partial charge < -0.3 is 9.40 Å². The highest BCUT2D eigenvalue weighted by atomic mass is 32.2. The Bertz CT molecular complexity index is 1210. The van der Waals surface area contributed by atoms with Crippen LogP contribution in [-0.4, -0.2) is 19.2 Å². The maximum atomic E-state index is 12.8. The molecule has 1 N–H and O–H groups in total. The summed E-state index contributed by atoms with van der Waals surface area (Å²) >= 11 is 0. The van der Waals surface area contributed by atoms with Crippen LogP contribution in [0.25, 0.3) is 22.0 Å². The number of fused-ring (bicyclic) bond motifs is 1. The van der Waals surface area contributed by atoms with Gasteiger partial charge in [0.05, 0.1) is 23.5 Å². The van der Waals surface area contributed by atoms with Crippen LogP contribution in [0.4, 0.5) is 0 Å². The van der Waals surface area contributed by atoms with Crippen molar-refractivity contribution in [3.05, 3.63) is 84.4 Å². The summed E-state index contributed by atoms with van der Waals surface area (Å²) in [7, 11) is -3.12. The van der Waals surface area contributed by atoms with Crippen LogP contribution in [0, 0.1) is 0 Å². The molecule has 0 aliphatic carbocycles. The number of nitrogens with one attached hydrogen (secondary N) is 1. The number of rotatable bonds is 3. The molecule has 2 atom stereocenters. The smallest absolute Gasteiger partial charge is 0.157 e. The molecule has 5 heteroatoms. The van der Waals surface area contributed by atoms with E-state index >= 15 is 0 Å². The summed E-state index contributed by atoms with van der Waals surface area (Å²) in [5, 5.41) is 0.726. The van der Waals surface area contributed by atoms with Crippen LogP contribution in [0.3, 0.4) is 0 Å². The summed E-state index contributed by atoms with van der Waals surface area (Å²) < 4.78 is 30.7. The molecule has 0 spiro atoms. The molecule has 3 heterocycles. The molecule has 2 aromatic heterocycles. The number of hydrogen-bond donors (Lipinski definition) is 1. The molecule has 0 saturated carbocycles. The molecule has 0 unspecified atom stereocenters. The lowest BCUT2D eigenvalue weighted by Crippen LogP contribution is -2.26. The minimum Gasteiger partial charge on any atom is -0.472 e. The maximum Gasteiger partial charge on any atom is 0.157 e. The van der Waals surface area contributed by atoms with Crippen molar-refractivity contribution in [2.45, 2.75) is 24.0 Å². The highest BCUT2D eigenvalue weighted by Crippen LogP contribution is 2.43. The number of benzene rings is 2. The van der Waals surface area contributed by atoms with E-state index in [9.17, 15) is 8.42 Å². The Morgan fingerprint density at radius 2 is 1.86 bits per heavy atom. The molecule has 0 radical (unpaired) electrons. The van der Waals surface area contributed by atoms with Gasteiger partial charge in [-0.15, -0.1) is 0 Å². The third-order valence-electron chi connectivity index (χ3n) is 5.86. The maximum absolute atomic E-state index is 12.8. The van der Waals surface area contributed by atoms with Crippen molar-refractivity contribution in [1.82, 2.24) is 4.98 Å². The quantitative estimate of drug-likeness (QED) is 0.504. The molecular weight excluding hydrogens is 370 g/mol. The monoisotopic (exact) mass is 391 g/mol. The number of aromatic nitrogens is 1. The van der Waals surface area contributed by atoms with Gasteiger partial charge in [0.25, 0.3) is 0 Å². The zero-order chi connectivity index (χ0) is 19.1. The van der Waals surface area contributed by atoms with Crippen molar-refractivity contribution in [1.29, 1.82) is 0 Å². The van der Waals surface area contributed by atoms with E-state index in [1.54, 1.807) is 12.5 Å². The van der Waals surface area contributed by atoms with Gasteiger partial charge in [-0.25, -0.2) is 8.42 Å². The van der Waals surface area contributed by atoms with E-state index in [1.165, 1.54) is 5.56 Å². The summed E-state index contributed by atoms with van der Waals surface area (Å²) in [5.41, 5.74) is 5.32. The predicted molar refractivity (Wildman–Crippen MR) is 111 cm³/mol. The van der Waals surface area contributed by atoms with Crippen LogP contribution in [-0.2, 0) is 9.84 Å². The summed E-state index contributed by atoms with van der Waals surface area (Å²) in [5.74, 6) is 0.438. The van der Waals surface area contributed by atoms with Gasteiger partial charge in [0.2, 0.25) is 0 Å². The first kappa shape index (κ1) is 17.3. The molecule has 4 aromatic rings. The molecule has 1 fully saturated rings. The average molecular weight is 391 g/mol. The number of hydrogen-bond acceptors (Lipinski definition) is 3. The third kappa shape index (κ3) is 2.96. The van der Waals surface area contributed by atoms with Crippen molar-refractivity contribution < 1.29 is 12.8 Å². The Balaban J connectivity index is 1.54. The molecule has 28 heavy (non-hydrogen) atoms.